The third kappa shape index (κ3) is 3.47. The first-order valence-corrected chi connectivity index (χ1v) is 8.25. The summed E-state index contributed by atoms with van der Waals surface area (Å²) in [5.74, 6) is 0.0120. The number of nitrogens with zero attached hydrogens (tertiary/aromatic N) is 1. The second kappa shape index (κ2) is 7.11. The lowest BCUT2D eigenvalue weighted by molar-refractivity contribution is 0.0596. The smallest absolute Gasteiger partial charge is 0.157 e. The van der Waals surface area contributed by atoms with Crippen molar-refractivity contribution >= 4 is 0 Å². The van der Waals surface area contributed by atoms with Crippen molar-refractivity contribution in [2.75, 3.05) is 6.73 Å². The van der Waals surface area contributed by atoms with Gasteiger partial charge in [0.2, 0.25) is 0 Å². The Bertz CT molecular complexity index is 686. The second-order valence-corrected chi connectivity index (χ2v) is 6.36. The minimum Gasteiger partial charge on any atom is -0.508 e. The van der Waals surface area contributed by atoms with Gasteiger partial charge in [-0.1, -0.05) is 18.2 Å². The van der Waals surface area contributed by atoms with Gasteiger partial charge in [0, 0.05) is 12.1 Å². The van der Waals surface area contributed by atoms with Gasteiger partial charge in [-0.05, 0) is 61.1 Å². The van der Waals surface area contributed by atoms with Crippen molar-refractivity contribution in [2.45, 2.75) is 37.8 Å². The predicted octanol–water partition coefficient (Wildman–Crippen LogP) is 2.89. The van der Waals surface area contributed by atoms with E-state index < -0.39 is 0 Å². The van der Waals surface area contributed by atoms with Crippen molar-refractivity contribution in [1.29, 1.82) is 0 Å². The molecule has 1 fully saturated rings. The molecule has 2 aromatic carbocycles. The summed E-state index contributed by atoms with van der Waals surface area (Å²) < 4.78 is 0. The standard InChI is InChI=1S/C19H23NO4/c21-12-20-15(5-1-13-2-7-16(22)8-3-13)6-9-17(20)14-4-10-18(23)19(24)11-14/h2-4,7-8,10-11,15,17,21-24H,1,5-6,9,12H2. The van der Waals surface area contributed by atoms with Crippen molar-refractivity contribution in [3.63, 3.8) is 0 Å². The molecule has 4 N–H and O–H groups in total. The maximum absolute atomic E-state index is 9.81. The lowest BCUT2D eigenvalue weighted by Crippen LogP contribution is -2.32. The summed E-state index contributed by atoms with van der Waals surface area (Å²) in [6, 6.07) is 12.4. The zero-order valence-electron chi connectivity index (χ0n) is 13.5. The first-order valence-electron chi connectivity index (χ1n) is 8.25. The van der Waals surface area contributed by atoms with E-state index in [9.17, 15) is 20.4 Å². The zero-order valence-corrected chi connectivity index (χ0v) is 13.5. The van der Waals surface area contributed by atoms with E-state index in [4.69, 9.17) is 0 Å². The van der Waals surface area contributed by atoms with Crippen LogP contribution in [0.1, 0.15) is 36.4 Å². The van der Waals surface area contributed by atoms with Crippen LogP contribution in [-0.2, 0) is 6.42 Å². The number of hydrogen-bond donors (Lipinski definition) is 4. The highest BCUT2D eigenvalue weighted by atomic mass is 16.3. The van der Waals surface area contributed by atoms with Crippen LogP contribution in [0.5, 0.6) is 17.2 Å². The largest absolute Gasteiger partial charge is 0.508 e. The normalized spacial score (nSPS) is 21.2. The van der Waals surface area contributed by atoms with Gasteiger partial charge in [-0.15, -0.1) is 0 Å². The molecule has 1 heterocycles. The van der Waals surface area contributed by atoms with Gasteiger partial charge < -0.3 is 20.4 Å². The van der Waals surface area contributed by atoms with Crippen LogP contribution in [-0.4, -0.2) is 38.1 Å². The van der Waals surface area contributed by atoms with Crippen LogP contribution in [0.3, 0.4) is 0 Å². The summed E-state index contributed by atoms with van der Waals surface area (Å²) in [5, 5.41) is 38.3. The molecule has 2 unspecified atom stereocenters. The van der Waals surface area contributed by atoms with Crippen molar-refractivity contribution in [2.24, 2.45) is 0 Å². The van der Waals surface area contributed by atoms with Crippen molar-refractivity contribution < 1.29 is 20.4 Å². The molecule has 0 amide bonds. The number of aliphatic hydroxyl groups excluding tert-OH is 1. The van der Waals surface area contributed by atoms with E-state index in [1.807, 2.05) is 17.0 Å². The van der Waals surface area contributed by atoms with E-state index in [1.165, 1.54) is 6.07 Å². The van der Waals surface area contributed by atoms with Crippen LogP contribution in [0, 0.1) is 0 Å². The molecule has 2 aromatic rings. The van der Waals surface area contributed by atoms with Crippen molar-refractivity contribution in [1.82, 2.24) is 4.90 Å². The average Bonchev–Trinajstić information content (AvgIpc) is 3.00. The summed E-state index contributed by atoms with van der Waals surface area (Å²) in [6.07, 6.45) is 3.69. The molecule has 2 atom stereocenters. The third-order valence-electron chi connectivity index (χ3n) is 4.89. The number of aromatic hydroxyl groups is 3. The molecule has 5 heteroatoms. The molecule has 0 radical (unpaired) electrons. The highest BCUT2D eigenvalue weighted by Gasteiger charge is 2.33. The fraction of sp³-hybridized carbons (Fsp3) is 0.368. The first kappa shape index (κ1) is 16.6. The molecule has 0 bridgehead atoms. The number of rotatable bonds is 5. The highest BCUT2D eigenvalue weighted by molar-refractivity contribution is 5.41. The van der Waals surface area contributed by atoms with Gasteiger partial charge in [-0.2, -0.15) is 0 Å². The molecule has 0 saturated carbocycles. The fourth-order valence-electron chi connectivity index (χ4n) is 3.56. The number of hydrogen-bond acceptors (Lipinski definition) is 5. The minimum atomic E-state index is -0.129. The van der Waals surface area contributed by atoms with Crippen molar-refractivity contribution in [3.05, 3.63) is 53.6 Å². The van der Waals surface area contributed by atoms with E-state index >= 15 is 0 Å². The third-order valence-corrected chi connectivity index (χ3v) is 4.89. The van der Waals surface area contributed by atoms with Crippen molar-refractivity contribution in [3.8, 4) is 17.2 Å². The molecule has 1 aliphatic rings. The maximum atomic E-state index is 9.81. The van der Waals surface area contributed by atoms with E-state index in [0.29, 0.717) is 0 Å². The summed E-state index contributed by atoms with van der Waals surface area (Å²) >= 11 is 0. The summed E-state index contributed by atoms with van der Waals surface area (Å²) in [5.41, 5.74) is 2.07. The van der Waals surface area contributed by atoms with Gasteiger partial charge in [0.25, 0.3) is 0 Å². The minimum absolute atomic E-state index is 0.0352. The average molecular weight is 329 g/mol. The van der Waals surface area contributed by atoms with Gasteiger partial charge >= 0.3 is 0 Å². The quantitative estimate of drug-likeness (QED) is 0.634. The predicted molar refractivity (Wildman–Crippen MR) is 90.9 cm³/mol. The molecule has 128 valence electrons. The Morgan fingerprint density at radius 1 is 0.917 bits per heavy atom. The maximum Gasteiger partial charge on any atom is 0.157 e. The van der Waals surface area contributed by atoms with Crippen LogP contribution in [0.15, 0.2) is 42.5 Å². The summed E-state index contributed by atoms with van der Waals surface area (Å²) in [7, 11) is 0. The Morgan fingerprint density at radius 3 is 2.33 bits per heavy atom. The summed E-state index contributed by atoms with van der Waals surface area (Å²) in [4.78, 5) is 2.05. The number of phenolic OH excluding ortho intramolecular Hbond substituents is 3. The molecular formula is C19H23NO4. The molecule has 1 aliphatic heterocycles. The van der Waals surface area contributed by atoms with E-state index in [2.05, 4.69) is 0 Å². The SMILES string of the molecule is OCN1C(CCc2ccc(O)cc2)CCC1c1ccc(O)c(O)c1. The Balaban J connectivity index is 1.67. The number of benzene rings is 2. The van der Waals surface area contributed by atoms with Crippen LogP contribution in [0.2, 0.25) is 0 Å². The Morgan fingerprint density at radius 2 is 1.67 bits per heavy atom. The molecule has 5 nitrogen and oxygen atoms in total. The molecular weight excluding hydrogens is 306 g/mol. The lowest BCUT2D eigenvalue weighted by atomic mass is 10.0. The molecule has 0 aliphatic carbocycles. The van der Waals surface area contributed by atoms with E-state index in [1.54, 1.807) is 24.3 Å². The van der Waals surface area contributed by atoms with Crippen LogP contribution in [0.4, 0.5) is 0 Å². The van der Waals surface area contributed by atoms with Gasteiger partial charge in [-0.25, -0.2) is 0 Å². The van der Waals surface area contributed by atoms with Gasteiger partial charge in [0.15, 0.2) is 11.5 Å². The monoisotopic (exact) mass is 329 g/mol. The van der Waals surface area contributed by atoms with Gasteiger partial charge in [0.05, 0.1) is 6.73 Å². The second-order valence-electron chi connectivity index (χ2n) is 6.36. The highest BCUT2D eigenvalue weighted by Crippen LogP contribution is 2.39. The van der Waals surface area contributed by atoms with Crippen LogP contribution in [0.25, 0.3) is 0 Å². The molecule has 0 spiro atoms. The van der Waals surface area contributed by atoms with Crippen LogP contribution >= 0.6 is 0 Å². The van der Waals surface area contributed by atoms with E-state index in [0.717, 1.165) is 36.8 Å². The Kier molecular flexibility index (Phi) is 4.92. The number of aryl methyl sites for hydroxylation is 1. The zero-order chi connectivity index (χ0) is 17.1. The van der Waals surface area contributed by atoms with Crippen LogP contribution < -0.4 is 0 Å². The first-order chi connectivity index (χ1) is 11.6. The van der Waals surface area contributed by atoms with Gasteiger partial charge in [-0.3, -0.25) is 4.90 Å². The fourth-order valence-corrected chi connectivity index (χ4v) is 3.56. The summed E-state index contributed by atoms with van der Waals surface area (Å²) in [6.45, 7) is -0.0352. The molecule has 24 heavy (non-hydrogen) atoms. The number of phenols is 3. The molecule has 0 aromatic heterocycles. The Labute approximate surface area is 141 Å². The van der Waals surface area contributed by atoms with E-state index in [-0.39, 0.29) is 36.1 Å². The molecule has 1 saturated heterocycles. The number of likely N-dealkylation sites (tertiary alicyclic amines) is 1. The molecule has 3 rings (SSSR count). The topological polar surface area (TPSA) is 84.2 Å². The van der Waals surface area contributed by atoms with Gasteiger partial charge in [0.1, 0.15) is 5.75 Å². The lowest BCUT2D eigenvalue weighted by Gasteiger charge is -2.28. The Hall–Kier alpha value is -2.24. The number of aliphatic hydroxyl groups is 1.